The molecule has 0 fully saturated rings. The first-order valence-corrected chi connectivity index (χ1v) is 8.69. The van der Waals surface area contributed by atoms with Crippen LogP contribution in [0.25, 0.3) is 0 Å². The van der Waals surface area contributed by atoms with E-state index >= 15 is 0 Å². The van der Waals surface area contributed by atoms with Crippen molar-refractivity contribution in [3.05, 3.63) is 16.1 Å². The van der Waals surface area contributed by atoms with Gasteiger partial charge in [-0.05, 0) is 25.7 Å². The minimum absolute atomic E-state index is 0.307. The molecule has 0 aliphatic heterocycles. The highest BCUT2D eigenvalue weighted by molar-refractivity contribution is 7.91. The molecule has 0 bridgehead atoms. The monoisotopic (exact) mass is 305 g/mol. The predicted molar refractivity (Wildman–Crippen MR) is 75.0 cm³/mol. The molecule has 0 aliphatic carbocycles. The van der Waals surface area contributed by atoms with Crippen LogP contribution in [0, 0.1) is 5.92 Å². The Morgan fingerprint density at radius 2 is 2.05 bits per heavy atom. The molecule has 1 aromatic rings. The second-order valence-electron chi connectivity index (χ2n) is 4.95. The summed E-state index contributed by atoms with van der Waals surface area (Å²) in [6.45, 7) is 5.42. The Hall–Kier alpha value is -0.950. The second-order valence-corrected chi connectivity index (χ2v) is 8.22. The summed E-state index contributed by atoms with van der Waals surface area (Å²) in [5.74, 6) is -1.06. The summed E-state index contributed by atoms with van der Waals surface area (Å²) in [4.78, 5) is 15.0. The van der Waals surface area contributed by atoms with Crippen molar-refractivity contribution >= 4 is 27.1 Å². The van der Waals surface area contributed by atoms with Crippen LogP contribution in [-0.4, -0.2) is 29.7 Å². The maximum absolute atomic E-state index is 11.8. The molecule has 0 amide bonds. The summed E-state index contributed by atoms with van der Waals surface area (Å²) in [6.07, 6.45) is 1.84. The highest BCUT2D eigenvalue weighted by Gasteiger charge is 2.28. The van der Waals surface area contributed by atoms with E-state index in [0.29, 0.717) is 11.6 Å². The summed E-state index contributed by atoms with van der Waals surface area (Å²) in [5.41, 5.74) is 0.442. The lowest BCUT2D eigenvalue weighted by molar-refractivity contribution is -0.136. The van der Waals surface area contributed by atoms with Crippen LogP contribution in [-0.2, 0) is 26.8 Å². The molecule has 0 saturated carbocycles. The largest absolute Gasteiger partial charge is 0.480 e. The number of aliphatic carboxylic acids is 1. The number of aryl methyl sites for hydroxylation is 1. The van der Waals surface area contributed by atoms with E-state index in [1.165, 1.54) is 18.3 Å². The standard InChI is InChI=1S/C12H19NO4S2/c1-8(2)4-5-11-13-10(6-18-11)7-19(16,17)9(3)12(14)15/h6,8-9H,4-5,7H2,1-3H3,(H,14,15)/t9-/m1/s1. The van der Waals surface area contributed by atoms with Crippen LogP contribution in [0.1, 0.15) is 37.9 Å². The number of rotatable bonds is 7. The smallest absolute Gasteiger partial charge is 0.321 e. The number of hydrogen-bond acceptors (Lipinski definition) is 5. The van der Waals surface area contributed by atoms with Crippen molar-refractivity contribution in [3.63, 3.8) is 0 Å². The van der Waals surface area contributed by atoms with Gasteiger partial charge in [0.05, 0.1) is 16.5 Å². The summed E-state index contributed by atoms with van der Waals surface area (Å²) in [6, 6.07) is 0. The van der Waals surface area contributed by atoms with Gasteiger partial charge in [-0.3, -0.25) is 4.79 Å². The minimum Gasteiger partial charge on any atom is -0.480 e. The Bertz CT molecular complexity index is 534. The highest BCUT2D eigenvalue weighted by atomic mass is 32.2. The number of carboxylic acids is 1. The van der Waals surface area contributed by atoms with Crippen molar-refractivity contribution in [3.8, 4) is 0 Å². The molecule has 1 atom stereocenters. The van der Waals surface area contributed by atoms with E-state index in [1.807, 2.05) is 0 Å². The van der Waals surface area contributed by atoms with Gasteiger partial charge in [0.15, 0.2) is 15.1 Å². The maximum Gasteiger partial charge on any atom is 0.321 e. The molecule has 19 heavy (non-hydrogen) atoms. The molecule has 0 saturated heterocycles. The molecule has 0 aromatic carbocycles. The van der Waals surface area contributed by atoms with Gasteiger partial charge in [0.2, 0.25) is 0 Å². The first-order chi connectivity index (χ1) is 8.72. The molecule has 0 radical (unpaired) electrons. The summed E-state index contributed by atoms with van der Waals surface area (Å²) >= 11 is 1.43. The third-order valence-electron chi connectivity index (χ3n) is 2.77. The van der Waals surface area contributed by atoms with E-state index in [9.17, 15) is 13.2 Å². The molecule has 0 aliphatic rings. The van der Waals surface area contributed by atoms with Gasteiger partial charge in [0, 0.05) is 5.38 Å². The van der Waals surface area contributed by atoms with Crippen LogP contribution in [0.3, 0.4) is 0 Å². The van der Waals surface area contributed by atoms with E-state index in [0.717, 1.165) is 17.8 Å². The van der Waals surface area contributed by atoms with Crippen molar-refractivity contribution in [2.45, 2.75) is 44.6 Å². The second kappa shape index (κ2) is 6.47. The maximum atomic E-state index is 11.8. The fourth-order valence-electron chi connectivity index (χ4n) is 1.43. The van der Waals surface area contributed by atoms with E-state index < -0.39 is 21.1 Å². The van der Waals surface area contributed by atoms with E-state index in [-0.39, 0.29) is 5.75 Å². The fourth-order valence-corrected chi connectivity index (χ4v) is 3.46. The van der Waals surface area contributed by atoms with Crippen molar-refractivity contribution in [2.24, 2.45) is 5.92 Å². The van der Waals surface area contributed by atoms with Gasteiger partial charge in [-0.25, -0.2) is 13.4 Å². The molecule has 5 nitrogen and oxygen atoms in total. The van der Waals surface area contributed by atoms with Gasteiger partial charge >= 0.3 is 5.97 Å². The normalized spacial score (nSPS) is 13.7. The number of thiazole rings is 1. The number of sulfone groups is 1. The number of hydrogen-bond donors (Lipinski definition) is 1. The Kier molecular flexibility index (Phi) is 5.49. The fraction of sp³-hybridized carbons (Fsp3) is 0.667. The molecule has 1 N–H and O–H groups in total. The summed E-state index contributed by atoms with van der Waals surface area (Å²) < 4.78 is 23.6. The first kappa shape index (κ1) is 16.1. The number of nitrogens with zero attached hydrogens (tertiary/aromatic N) is 1. The lowest BCUT2D eigenvalue weighted by Crippen LogP contribution is -2.28. The number of carbonyl (C=O) groups is 1. The topological polar surface area (TPSA) is 84.3 Å². The van der Waals surface area contributed by atoms with Gasteiger partial charge in [0.25, 0.3) is 0 Å². The molecular formula is C12H19NO4S2. The predicted octanol–water partition coefficient (Wildman–Crippen LogP) is 2.12. The van der Waals surface area contributed by atoms with Gasteiger partial charge in [-0.1, -0.05) is 13.8 Å². The summed E-state index contributed by atoms with van der Waals surface area (Å²) in [7, 11) is -3.69. The third kappa shape index (κ3) is 4.91. The van der Waals surface area contributed by atoms with Gasteiger partial charge in [-0.15, -0.1) is 11.3 Å². The van der Waals surface area contributed by atoms with Gasteiger partial charge in [0.1, 0.15) is 0 Å². The average Bonchev–Trinajstić information content (AvgIpc) is 2.72. The van der Waals surface area contributed by atoms with Crippen LogP contribution in [0.15, 0.2) is 5.38 Å². The van der Waals surface area contributed by atoms with Gasteiger partial charge < -0.3 is 5.11 Å². The van der Waals surface area contributed by atoms with E-state index in [4.69, 9.17) is 5.11 Å². The Labute approximate surface area is 117 Å². The van der Waals surface area contributed by atoms with Crippen molar-refractivity contribution in [1.82, 2.24) is 4.98 Å². The van der Waals surface area contributed by atoms with Crippen LogP contribution in [0.4, 0.5) is 0 Å². The van der Waals surface area contributed by atoms with Crippen LogP contribution < -0.4 is 0 Å². The number of aromatic nitrogens is 1. The van der Waals surface area contributed by atoms with Crippen molar-refractivity contribution in [2.75, 3.05) is 0 Å². The van der Waals surface area contributed by atoms with Crippen molar-refractivity contribution in [1.29, 1.82) is 0 Å². The SMILES string of the molecule is CC(C)CCc1nc(CS(=O)(=O)[C@H](C)C(=O)O)cs1. The molecule has 0 unspecified atom stereocenters. The van der Waals surface area contributed by atoms with Crippen LogP contribution in [0.5, 0.6) is 0 Å². The summed E-state index contributed by atoms with van der Waals surface area (Å²) in [5, 5.41) is 9.95. The minimum atomic E-state index is -3.69. The first-order valence-electron chi connectivity index (χ1n) is 6.10. The Balaban J connectivity index is 2.70. The van der Waals surface area contributed by atoms with Gasteiger partial charge in [-0.2, -0.15) is 0 Å². The van der Waals surface area contributed by atoms with Crippen LogP contribution >= 0.6 is 11.3 Å². The number of carboxylic acid groups (broad SMARTS) is 1. The Morgan fingerprint density at radius 3 is 2.58 bits per heavy atom. The van der Waals surface area contributed by atoms with E-state index in [1.54, 1.807) is 5.38 Å². The molecule has 0 spiro atoms. The Morgan fingerprint density at radius 1 is 1.42 bits per heavy atom. The molecule has 7 heteroatoms. The zero-order valence-electron chi connectivity index (χ0n) is 11.3. The van der Waals surface area contributed by atoms with Crippen molar-refractivity contribution < 1.29 is 18.3 Å². The van der Waals surface area contributed by atoms with Crippen LogP contribution in [0.2, 0.25) is 0 Å². The lowest BCUT2D eigenvalue weighted by atomic mass is 10.1. The average molecular weight is 305 g/mol. The molecule has 108 valence electrons. The lowest BCUT2D eigenvalue weighted by Gasteiger charge is -2.06. The highest BCUT2D eigenvalue weighted by Crippen LogP contribution is 2.17. The molecular weight excluding hydrogens is 286 g/mol. The zero-order valence-corrected chi connectivity index (χ0v) is 12.9. The quantitative estimate of drug-likeness (QED) is 0.834. The molecule has 1 aromatic heterocycles. The molecule has 1 heterocycles. The molecule has 1 rings (SSSR count). The third-order valence-corrected chi connectivity index (χ3v) is 5.70. The zero-order chi connectivity index (χ0) is 14.6. The van der Waals surface area contributed by atoms with E-state index in [2.05, 4.69) is 18.8 Å².